The third-order valence-corrected chi connectivity index (χ3v) is 2.15. The molecule has 0 aliphatic carbocycles. The molecule has 0 rings (SSSR count). The zero-order valence-electron chi connectivity index (χ0n) is 14.5. The van der Waals surface area contributed by atoms with Crippen LogP contribution in [0.15, 0.2) is 0 Å². The smallest absolute Gasteiger partial charge is 0.550 e. The van der Waals surface area contributed by atoms with Crippen LogP contribution in [-0.2, 0) is 24.0 Å². The minimum absolute atomic E-state index is 0. The number of hydrogen-bond acceptors (Lipinski definition) is 10. The molecule has 0 bridgehead atoms. The summed E-state index contributed by atoms with van der Waals surface area (Å²) in [6.45, 7) is -0.789. The molecule has 0 aliphatic heterocycles. The van der Waals surface area contributed by atoms with E-state index in [-0.39, 0.29) is 118 Å². The van der Waals surface area contributed by atoms with E-state index < -0.39 is 61.3 Å². The molecule has 15 heteroatoms. The summed E-state index contributed by atoms with van der Waals surface area (Å²) >= 11 is 0. The zero-order chi connectivity index (χ0) is 16.6. The van der Waals surface area contributed by atoms with Gasteiger partial charge in [0.1, 0.15) is 0 Å². The standard InChI is InChI=1S/C10H14N2O9.4Na/c13-6(12-5(10(20)21)2-8(16)17)3-11-4(9(18)19)1-7(14)15;;;;/h4-5,11H,1-3H2,(H,12,13)(H,14,15)(H,16,17)(H,18,19)(H,20,21);;;;/q;4*+1/p-4. The Morgan fingerprint density at radius 1 is 0.680 bits per heavy atom. The summed E-state index contributed by atoms with van der Waals surface area (Å²) in [4.78, 5) is 52.9. The van der Waals surface area contributed by atoms with Crippen LogP contribution < -0.4 is 149 Å². The number of aliphatic carboxylic acids is 4. The molecule has 0 aromatic heterocycles. The van der Waals surface area contributed by atoms with Crippen molar-refractivity contribution in [2.75, 3.05) is 6.54 Å². The number of nitrogens with one attached hydrogen (secondary N) is 2. The van der Waals surface area contributed by atoms with E-state index in [9.17, 15) is 44.4 Å². The first-order valence-corrected chi connectivity index (χ1v) is 5.47. The minimum atomic E-state index is -1.88. The predicted octanol–water partition coefficient (Wildman–Crippen LogP) is -19.8. The van der Waals surface area contributed by atoms with Crippen molar-refractivity contribution in [3.63, 3.8) is 0 Å². The molecule has 0 saturated heterocycles. The summed E-state index contributed by atoms with van der Waals surface area (Å²) in [5, 5.41) is 45.3. The van der Waals surface area contributed by atoms with E-state index in [0.717, 1.165) is 0 Å². The fourth-order valence-electron chi connectivity index (χ4n) is 1.23. The Hall–Kier alpha value is 1.31. The van der Waals surface area contributed by atoms with Gasteiger partial charge in [0, 0.05) is 24.8 Å². The second kappa shape index (κ2) is 20.1. The Morgan fingerprint density at radius 3 is 1.36 bits per heavy atom. The Balaban J connectivity index is -0.000000333. The number of carbonyl (C=O) groups excluding carboxylic acids is 5. The number of carboxylic acid groups (broad SMARTS) is 4. The fraction of sp³-hybridized carbons (Fsp3) is 0.500. The third-order valence-electron chi connectivity index (χ3n) is 2.15. The molecule has 2 atom stereocenters. The molecule has 25 heavy (non-hydrogen) atoms. The number of amides is 1. The van der Waals surface area contributed by atoms with Gasteiger partial charge in [0.2, 0.25) is 5.91 Å². The maximum absolute atomic E-state index is 11.3. The summed E-state index contributed by atoms with van der Waals surface area (Å²) in [5.74, 6) is -8.23. The molecule has 0 saturated carbocycles. The van der Waals surface area contributed by atoms with Crippen molar-refractivity contribution in [1.29, 1.82) is 0 Å². The van der Waals surface area contributed by atoms with Gasteiger partial charge in [-0.15, -0.1) is 0 Å². The molecule has 0 radical (unpaired) electrons. The Morgan fingerprint density at radius 2 is 1.04 bits per heavy atom. The Kier molecular flexibility index (Phi) is 29.8. The maximum Gasteiger partial charge on any atom is 1.00 e. The van der Waals surface area contributed by atoms with Crippen molar-refractivity contribution < 1.29 is 163 Å². The minimum Gasteiger partial charge on any atom is -0.550 e. The first-order valence-electron chi connectivity index (χ1n) is 5.47. The van der Waals surface area contributed by atoms with Gasteiger partial charge in [-0.3, -0.25) is 4.79 Å². The Labute approximate surface area is 231 Å². The molecular formula is C10H10N2Na4O9. The van der Waals surface area contributed by atoms with Crippen LogP contribution in [0.1, 0.15) is 12.8 Å². The van der Waals surface area contributed by atoms with Gasteiger partial charge < -0.3 is 50.2 Å². The van der Waals surface area contributed by atoms with Crippen molar-refractivity contribution in [3.05, 3.63) is 0 Å². The molecule has 0 heterocycles. The van der Waals surface area contributed by atoms with Gasteiger partial charge in [0.15, 0.2) is 0 Å². The van der Waals surface area contributed by atoms with Gasteiger partial charge in [-0.2, -0.15) is 0 Å². The van der Waals surface area contributed by atoms with Crippen LogP contribution in [0, 0.1) is 0 Å². The van der Waals surface area contributed by atoms with Crippen LogP contribution in [0.3, 0.4) is 0 Å². The van der Waals surface area contributed by atoms with Gasteiger partial charge >= 0.3 is 118 Å². The average molecular weight is 394 g/mol. The number of carboxylic acids is 4. The predicted molar refractivity (Wildman–Crippen MR) is 53.0 cm³/mol. The van der Waals surface area contributed by atoms with E-state index in [1.54, 1.807) is 5.32 Å². The van der Waals surface area contributed by atoms with Crippen LogP contribution in [0.4, 0.5) is 0 Å². The first kappa shape index (κ1) is 37.1. The third kappa shape index (κ3) is 19.9. The molecule has 118 valence electrons. The van der Waals surface area contributed by atoms with Crippen molar-refractivity contribution >= 4 is 29.8 Å². The SMILES string of the molecule is O=C([O-])CC(NCC(=O)NC(CC(=O)[O-])C(=O)[O-])C(=O)[O-].[Na+].[Na+].[Na+].[Na+]. The van der Waals surface area contributed by atoms with Crippen LogP contribution in [0.25, 0.3) is 0 Å². The fourth-order valence-corrected chi connectivity index (χ4v) is 1.23. The second-order valence-corrected chi connectivity index (χ2v) is 3.84. The molecule has 0 aliphatic rings. The van der Waals surface area contributed by atoms with Crippen molar-refractivity contribution in [1.82, 2.24) is 10.6 Å². The molecule has 2 N–H and O–H groups in total. The van der Waals surface area contributed by atoms with E-state index in [1.165, 1.54) is 0 Å². The molecule has 2 unspecified atom stereocenters. The summed E-state index contributed by atoms with van der Waals surface area (Å²) in [7, 11) is 0. The quantitative estimate of drug-likeness (QED) is 0.335. The first-order chi connectivity index (χ1) is 9.63. The average Bonchev–Trinajstić information content (AvgIpc) is 2.32. The monoisotopic (exact) mass is 394 g/mol. The summed E-state index contributed by atoms with van der Waals surface area (Å²) < 4.78 is 0. The van der Waals surface area contributed by atoms with Gasteiger partial charge in [-0.25, -0.2) is 0 Å². The summed E-state index contributed by atoms with van der Waals surface area (Å²) in [6.07, 6.45) is -2.02. The largest absolute Gasteiger partial charge is 1.00 e. The van der Waals surface area contributed by atoms with E-state index in [4.69, 9.17) is 0 Å². The van der Waals surface area contributed by atoms with Crippen LogP contribution in [0.2, 0.25) is 0 Å². The maximum atomic E-state index is 11.3. The van der Waals surface area contributed by atoms with Gasteiger partial charge in [-0.05, 0) is 0 Å². The number of rotatable bonds is 10. The topological polar surface area (TPSA) is 202 Å². The second-order valence-electron chi connectivity index (χ2n) is 3.84. The van der Waals surface area contributed by atoms with Crippen LogP contribution in [0.5, 0.6) is 0 Å². The van der Waals surface area contributed by atoms with Crippen LogP contribution >= 0.6 is 0 Å². The molecule has 0 fully saturated rings. The molecule has 11 nitrogen and oxygen atoms in total. The number of hydrogen-bond donors (Lipinski definition) is 2. The van der Waals surface area contributed by atoms with Crippen molar-refractivity contribution in [2.24, 2.45) is 0 Å². The summed E-state index contributed by atoms with van der Waals surface area (Å²) in [6, 6.07) is -3.60. The van der Waals surface area contributed by atoms with E-state index >= 15 is 0 Å². The van der Waals surface area contributed by atoms with E-state index in [1.807, 2.05) is 5.32 Å². The van der Waals surface area contributed by atoms with Crippen molar-refractivity contribution in [3.8, 4) is 0 Å². The molecule has 1 amide bonds. The summed E-state index contributed by atoms with van der Waals surface area (Å²) in [5.41, 5.74) is 0. The molecule has 0 aromatic rings. The molecule has 0 spiro atoms. The van der Waals surface area contributed by atoms with E-state index in [2.05, 4.69) is 0 Å². The van der Waals surface area contributed by atoms with E-state index in [0.29, 0.717) is 0 Å². The molecule has 0 aromatic carbocycles. The van der Waals surface area contributed by atoms with Gasteiger partial charge in [0.25, 0.3) is 0 Å². The van der Waals surface area contributed by atoms with Gasteiger partial charge in [-0.1, -0.05) is 0 Å². The molecular weight excluding hydrogens is 384 g/mol. The zero-order valence-corrected chi connectivity index (χ0v) is 22.5. The normalized spacial score (nSPS) is 10.9. The Bertz CT molecular complexity index is 464. The van der Waals surface area contributed by atoms with Crippen LogP contribution in [-0.4, -0.2) is 48.4 Å². The van der Waals surface area contributed by atoms with Crippen molar-refractivity contribution in [2.45, 2.75) is 24.9 Å². The van der Waals surface area contributed by atoms with Gasteiger partial charge in [0.05, 0.1) is 30.6 Å². The number of carbonyl (C=O) groups is 5.